The van der Waals surface area contributed by atoms with Crippen molar-refractivity contribution in [3.63, 3.8) is 0 Å². The Morgan fingerprint density at radius 3 is 2.55 bits per heavy atom. The van der Waals surface area contributed by atoms with Gasteiger partial charge in [0, 0.05) is 0 Å². The zero-order valence-electron chi connectivity index (χ0n) is 20.8. The number of carbonyl (C=O) groups is 2. The molecule has 5 rings (SSSR count). The van der Waals surface area contributed by atoms with Crippen molar-refractivity contribution in [2.24, 2.45) is 0 Å². The first-order valence-corrected chi connectivity index (χ1v) is 14.0. The molecule has 0 radical (unpaired) electrons. The van der Waals surface area contributed by atoms with Crippen molar-refractivity contribution in [2.45, 2.75) is 31.6 Å². The van der Waals surface area contributed by atoms with Gasteiger partial charge in [0.15, 0.2) is 0 Å². The van der Waals surface area contributed by atoms with Crippen LogP contribution in [0.2, 0.25) is 5.02 Å². The van der Waals surface area contributed by atoms with E-state index in [0.717, 1.165) is 11.1 Å². The molecule has 1 aliphatic rings. The molecule has 2 unspecified atom stereocenters. The van der Waals surface area contributed by atoms with Crippen molar-refractivity contribution in [1.82, 2.24) is 0 Å². The molecule has 0 fully saturated rings. The molecule has 9 heteroatoms. The third-order valence-electron chi connectivity index (χ3n) is 6.16. The quantitative estimate of drug-likeness (QED) is 0.237. The number of halogens is 1. The monoisotopic (exact) mass is 598 g/mol. The Morgan fingerprint density at radius 2 is 1.79 bits per heavy atom. The second kappa shape index (κ2) is 10.4. The van der Waals surface area contributed by atoms with E-state index in [2.05, 4.69) is 0 Å². The third-order valence-corrected chi connectivity index (χ3v) is 9.05. The van der Waals surface area contributed by atoms with E-state index >= 15 is 0 Å². The van der Waals surface area contributed by atoms with Crippen molar-refractivity contribution < 1.29 is 28.2 Å². The summed E-state index contributed by atoms with van der Waals surface area (Å²) in [6, 6.07) is 16.6. The fraction of sp³-hybridized carbons (Fsp3) is 0.207. The molecular weight excluding hydrogens is 575 g/mol. The molecule has 1 aromatic heterocycles. The summed E-state index contributed by atoms with van der Waals surface area (Å²) in [6.45, 7) is 5.56. The van der Waals surface area contributed by atoms with E-state index in [4.69, 9.17) is 30.2 Å². The molecule has 1 aliphatic heterocycles. The zero-order chi connectivity index (χ0) is 27.0. The Balaban J connectivity index is 1.69. The summed E-state index contributed by atoms with van der Waals surface area (Å²) >= 11 is 4.98. The summed E-state index contributed by atoms with van der Waals surface area (Å²) in [7, 11) is 0. The van der Waals surface area contributed by atoms with Crippen LogP contribution in [-0.4, -0.2) is 44.1 Å². The van der Waals surface area contributed by atoms with Gasteiger partial charge in [0.05, 0.1) is 0 Å². The number of hydrogen-bond donors (Lipinski definition) is 0. The summed E-state index contributed by atoms with van der Waals surface area (Å²) in [6.07, 6.45) is 0.0265. The van der Waals surface area contributed by atoms with Crippen LogP contribution in [0.25, 0.3) is 11.0 Å². The van der Waals surface area contributed by atoms with E-state index in [9.17, 15) is 14.4 Å². The van der Waals surface area contributed by atoms with Crippen LogP contribution in [-0.2, 0) is 9.47 Å². The number of ether oxygens (including phenoxy) is 3. The van der Waals surface area contributed by atoms with Crippen LogP contribution >= 0.6 is 11.6 Å². The molecule has 2 heterocycles. The van der Waals surface area contributed by atoms with Gasteiger partial charge in [-0.1, -0.05) is 0 Å². The average molecular weight is 598 g/mol. The Hall–Kier alpha value is -3.42. The second-order valence-electron chi connectivity index (χ2n) is 8.74. The van der Waals surface area contributed by atoms with Gasteiger partial charge in [0.1, 0.15) is 0 Å². The van der Waals surface area contributed by atoms with E-state index in [1.807, 2.05) is 26.0 Å². The normalized spacial score (nSPS) is 18.6. The first-order chi connectivity index (χ1) is 18.2. The zero-order valence-corrected chi connectivity index (χ0v) is 23.2. The standard InChI is InChI=1S/C29H23ClO7Se/c1-4-34-28-29(37-27(33)18-10-7-11-19(30)14-18,26(32)21-13-6-9-17(3)25(21)36-28)38-22-15-35-24-16(2)8-5-12-20(24)23(22)31/h5-15,28H,4H2,1-3H3. The summed E-state index contributed by atoms with van der Waals surface area (Å²) in [5.41, 5.74) is 2.05. The predicted molar refractivity (Wildman–Crippen MR) is 144 cm³/mol. The number of rotatable bonds is 6. The fourth-order valence-corrected chi connectivity index (χ4v) is 6.92. The Bertz CT molecular complexity index is 1630. The molecular formula is C29H23ClO7Se. The number of para-hydroxylation sites is 2. The molecule has 0 saturated heterocycles. The van der Waals surface area contributed by atoms with Crippen molar-refractivity contribution >= 4 is 53.7 Å². The van der Waals surface area contributed by atoms with Crippen LogP contribution in [0.15, 0.2) is 76.1 Å². The van der Waals surface area contributed by atoms with Gasteiger partial charge in [0.2, 0.25) is 0 Å². The van der Waals surface area contributed by atoms with Crippen molar-refractivity contribution in [2.75, 3.05) is 6.61 Å². The van der Waals surface area contributed by atoms with E-state index in [1.54, 1.807) is 43.3 Å². The van der Waals surface area contributed by atoms with Crippen LogP contribution in [0.1, 0.15) is 38.8 Å². The average Bonchev–Trinajstić information content (AvgIpc) is 2.90. The topological polar surface area (TPSA) is 92.0 Å². The molecule has 2 atom stereocenters. The SMILES string of the molecule is CCOC1Oc2c(C)cccc2C(=O)C1(OC(=O)c1cccc(Cl)c1)[Se]c1coc2c(C)cccc2c1=O. The van der Waals surface area contributed by atoms with Crippen LogP contribution in [0.5, 0.6) is 5.75 Å². The van der Waals surface area contributed by atoms with Gasteiger partial charge in [-0.3, -0.25) is 0 Å². The van der Waals surface area contributed by atoms with Crippen LogP contribution in [0.4, 0.5) is 0 Å². The van der Waals surface area contributed by atoms with Crippen molar-refractivity contribution in [3.8, 4) is 5.75 Å². The number of aryl methyl sites for hydroxylation is 2. The fourth-order valence-electron chi connectivity index (χ4n) is 4.30. The van der Waals surface area contributed by atoms with Crippen LogP contribution in [0, 0.1) is 13.8 Å². The van der Waals surface area contributed by atoms with Gasteiger partial charge in [-0.25, -0.2) is 0 Å². The number of fused-ring (bicyclic) bond motifs is 2. The number of Topliss-reactive ketones (excluding diaryl/α,β-unsaturated/α-hetero) is 1. The molecule has 0 bridgehead atoms. The van der Waals surface area contributed by atoms with Crippen molar-refractivity contribution in [3.05, 3.63) is 104 Å². The molecule has 0 N–H and O–H groups in total. The molecule has 0 saturated carbocycles. The Kier molecular flexibility index (Phi) is 7.16. The molecule has 0 amide bonds. The van der Waals surface area contributed by atoms with Gasteiger partial charge in [0.25, 0.3) is 0 Å². The summed E-state index contributed by atoms with van der Waals surface area (Å²) in [4.78, 5) is 41.3. The predicted octanol–water partition coefficient (Wildman–Crippen LogP) is 4.58. The number of carbonyl (C=O) groups excluding carboxylic acids is 2. The van der Waals surface area contributed by atoms with Gasteiger partial charge in [-0.15, -0.1) is 0 Å². The minimum absolute atomic E-state index is 0.145. The first-order valence-electron chi connectivity index (χ1n) is 11.9. The summed E-state index contributed by atoms with van der Waals surface area (Å²) in [5.74, 6) is -0.962. The molecule has 0 aliphatic carbocycles. The molecule has 0 spiro atoms. The number of ketones is 1. The number of benzene rings is 3. The summed E-state index contributed by atoms with van der Waals surface area (Å²) < 4.78 is 22.2. The molecule has 4 aromatic rings. The first kappa shape index (κ1) is 26.2. The minimum atomic E-state index is -1.96. The Morgan fingerprint density at radius 1 is 1.05 bits per heavy atom. The van der Waals surface area contributed by atoms with Gasteiger partial charge in [-0.05, 0) is 0 Å². The van der Waals surface area contributed by atoms with Crippen molar-refractivity contribution in [1.29, 1.82) is 0 Å². The van der Waals surface area contributed by atoms with E-state index in [0.29, 0.717) is 21.7 Å². The molecule has 38 heavy (non-hydrogen) atoms. The molecule has 3 aromatic carbocycles. The molecule has 7 nitrogen and oxygen atoms in total. The number of esters is 1. The Labute approximate surface area is 229 Å². The number of hydrogen-bond acceptors (Lipinski definition) is 7. The molecule has 194 valence electrons. The van der Waals surface area contributed by atoms with E-state index in [-0.39, 0.29) is 27.6 Å². The van der Waals surface area contributed by atoms with Gasteiger partial charge < -0.3 is 0 Å². The third kappa shape index (κ3) is 4.54. The van der Waals surface area contributed by atoms with Gasteiger partial charge in [-0.2, -0.15) is 0 Å². The van der Waals surface area contributed by atoms with Gasteiger partial charge >= 0.3 is 230 Å². The second-order valence-corrected chi connectivity index (χ2v) is 11.8. The van der Waals surface area contributed by atoms with Crippen LogP contribution < -0.4 is 14.6 Å². The van der Waals surface area contributed by atoms with Crippen LogP contribution in [0.3, 0.4) is 0 Å². The summed E-state index contributed by atoms with van der Waals surface area (Å²) in [5, 5.41) is 0.701. The van der Waals surface area contributed by atoms with E-state index in [1.165, 1.54) is 18.4 Å². The van der Waals surface area contributed by atoms with E-state index < -0.39 is 37.5 Å². The maximum atomic E-state index is 14.3. The maximum absolute atomic E-state index is 14.3.